The van der Waals surface area contributed by atoms with Gasteiger partial charge in [-0.2, -0.15) is 0 Å². The number of hydrogen-bond donors (Lipinski definition) is 0. The van der Waals surface area contributed by atoms with E-state index in [-0.39, 0.29) is 0 Å². The summed E-state index contributed by atoms with van der Waals surface area (Å²) in [7, 11) is 0. The molecule has 0 N–H and O–H groups in total. The lowest BCUT2D eigenvalue weighted by atomic mass is 9.99. The molecule has 1 atom stereocenters. The Morgan fingerprint density at radius 3 is 2.71 bits per heavy atom. The van der Waals surface area contributed by atoms with Crippen LogP contribution in [-0.2, 0) is 0 Å². The molecule has 0 saturated carbocycles. The van der Waals surface area contributed by atoms with Gasteiger partial charge in [-0.15, -0.1) is 11.3 Å². The van der Waals surface area contributed by atoms with Gasteiger partial charge < -0.3 is 0 Å². The lowest BCUT2D eigenvalue weighted by molar-refractivity contribution is 1.15. The first-order valence-corrected chi connectivity index (χ1v) is 10.6. The predicted molar refractivity (Wildman–Crippen MR) is 125 cm³/mol. The van der Waals surface area contributed by atoms with E-state index < -0.39 is 0 Å². The zero-order valence-corrected chi connectivity index (χ0v) is 16.9. The van der Waals surface area contributed by atoms with E-state index in [0.717, 1.165) is 6.42 Å². The van der Waals surface area contributed by atoms with Crippen LogP contribution in [0.2, 0.25) is 0 Å². The molecule has 1 heterocycles. The largest absolute Gasteiger partial charge is 0.140 e. The Morgan fingerprint density at radius 2 is 1.82 bits per heavy atom. The first kappa shape index (κ1) is 18.5. The van der Waals surface area contributed by atoms with E-state index in [2.05, 4.69) is 116 Å². The van der Waals surface area contributed by atoms with Crippen molar-refractivity contribution in [2.75, 3.05) is 0 Å². The average Bonchev–Trinajstić information content (AvgIpc) is 2.95. The average molecular weight is 381 g/mol. The van der Waals surface area contributed by atoms with Crippen LogP contribution in [0.3, 0.4) is 0 Å². The highest BCUT2D eigenvalue weighted by Gasteiger charge is 2.09. The summed E-state index contributed by atoms with van der Waals surface area (Å²) >= 11 is 1.88. The van der Waals surface area contributed by atoms with Crippen molar-refractivity contribution in [2.45, 2.75) is 19.3 Å². The predicted octanol–water partition coefficient (Wildman–Crippen LogP) is 5.98. The maximum atomic E-state index is 2.39. The van der Waals surface area contributed by atoms with Crippen LogP contribution in [0.5, 0.6) is 0 Å². The van der Waals surface area contributed by atoms with Crippen molar-refractivity contribution in [3.05, 3.63) is 122 Å². The molecule has 2 aromatic rings. The molecule has 0 radical (unpaired) electrons. The zero-order valence-electron chi connectivity index (χ0n) is 16.1. The Balaban J connectivity index is 1.62. The smallest absolute Gasteiger partial charge is 0.0321 e. The fraction of sp³-hybridized carbons (Fsp3) is 0.111. The Hall–Kier alpha value is -2.90. The minimum atomic E-state index is 0.329. The third-order valence-electron chi connectivity index (χ3n) is 4.96. The molecule has 1 unspecified atom stereocenters. The van der Waals surface area contributed by atoms with E-state index >= 15 is 0 Å². The highest BCUT2D eigenvalue weighted by molar-refractivity contribution is 7.10. The quantitative estimate of drug-likeness (QED) is 0.572. The van der Waals surface area contributed by atoms with Gasteiger partial charge in [0.1, 0.15) is 0 Å². The molecule has 4 rings (SSSR count). The molecule has 0 bridgehead atoms. The van der Waals surface area contributed by atoms with Gasteiger partial charge >= 0.3 is 0 Å². The number of fused-ring (bicyclic) bond motifs is 1. The molecular formula is C27H24S. The summed E-state index contributed by atoms with van der Waals surface area (Å²) in [5.74, 6) is 0.329. The fourth-order valence-corrected chi connectivity index (χ4v) is 4.62. The third kappa shape index (κ3) is 4.32. The van der Waals surface area contributed by atoms with Gasteiger partial charge in [-0.05, 0) is 35.3 Å². The van der Waals surface area contributed by atoms with Crippen LogP contribution in [0.25, 0.3) is 18.2 Å². The number of aryl methyl sites for hydroxylation is 1. The van der Waals surface area contributed by atoms with Gasteiger partial charge in [0.25, 0.3) is 0 Å². The van der Waals surface area contributed by atoms with E-state index in [1.165, 1.54) is 31.3 Å². The van der Waals surface area contributed by atoms with Crippen LogP contribution in [-0.4, -0.2) is 0 Å². The van der Waals surface area contributed by atoms with Crippen LogP contribution in [0.1, 0.15) is 28.3 Å². The van der Waals surface area contributed by atoms with E-state index in [0.29, 0.717) is 5.92 Å². The first-order valence-electron chi connectivity index (χ1n) is 9.74. The number of rotatable bonds is 4. The lowest BCUT2D eigenvalue weighted by Crippen LogP contribution is -2.20. The molecule has 2 aliphatic rings. The standard InChI is InChI=1S/C27H24S/c1-21-25(18-10-9-14-22-12-5-2-3-6-13-22)26-19-11-17-24(20-27(26)28-21)23-15-7-4-8-16-23/h2,4-20,24H,3H2,1H3/b14-9+,18-10-. The van der Waals surface area contributed by atoms with Gasteiger partial charge in [-0.1, -0.05) is 109 Å². The van der Waals surface area contributed by atoms with E-state index in [1.807, 2.05) is 11.3 Å². The van der Waals surface area contributed by atoms with Crippen LogP contribution < -0.4 is 9.75 Å². The molecule has 0 saturated heterocycles. The summed E-state index contributed by atoms with van der Waals surface area (Å²) in [4.78, 5) is 1.36. The van der Waals surface area contributed by atoms with Gasteiger partial charge in [0.2, 0.25) is 0 Å². The maximum Gasteiger partial charge on any atom is 0.0321 e. The van der Waals surface area contributed by atoms with Crippen molar-refractivity contribution in [1.29, 1.82) is 0 Å². The van der Waals surface area contributed by atoms with Crippen molar-refractivity contribution in [3.8, 4) is 0 Å². The lowest BCUT2D eigenvalue weighted by Gasteiger charge is -2.06. The molecule has 138 valence electrons. The van der Waals surface area contributed by atoms with Gasteiger partial charge in [0, 0.05) is 15.3 Å². The second kappa shape index (κ2) is 8.86. The van der Waals surface area contributed by atoms with Crippen molar-refractivity contribution >= 4 is 29.6 Å². The molecule has 0 spiro atoms. The van der Waals surface area contributed by atoms with Crippen molar-refractivity contribution in [3.63, 3.8) is 0 Å². The zero-order chi connectivity index (χ0) is 19.2. The Morgan fingerprint density at radius 1 is 0.964 bits per heavy atom. The molecule has 2 aliphatic carbocycles. The van der Waals surface area contributed by atoms with Crippen molar-refractivity contribution < 1.29 is 0 Å². The van der Waals surface area contributed by atoms with E-state index in [1.54, 1.807) is 0 Å². The first-order chi connectivity index (χ1) is 13.8. The third-order valence-corrected chi connectivity index (χ3v) is 6.07. The number of allylic oxidation sites excluding steroid dienone is 11. The maximum absolute atomic E-state index is 2.39. The number of thiophene rings is 1. The minimum Gasteiger partial charge on any atom is -0.140 e. The minimum absolute atomic E-state index is 0.329. The molecule has 0 fully saturated rings. The molecular weight excluding hydrogens is 356 g/mol. The van der Waals surface area contributed by atoms with Gasteiger partial charge in [-0.25, -0.2) is 0 Å². The normalized spacial score (nSPS) is 18.5. The highest BCUT2D eigenvalue weighted by atomic mass is 32.1. The molecule has 1 aromatic carbocycles. The molecule has 1 aromatic heterocycles. The van der Waals surface area contributed by atoms with Crippen LogP contribution in [0.15, 0.2) is 96.7 Å². The number of hydrogen-bond acceptors (Lipinski definition) is 1. The molecule has 0 amide bonds. The summed E-state index contributed by atoms with van der Waals surface area (Å²) in [6.07, 6.45) is 29.6. The SMILES string of the molecule is Cc1sc2c(c1/C=C\C=C\C1=CC=CCC=C1)=CC=CC(c1ccccc1)C=2. The summed E-state index contributed by atoms with van der Waals surface area (Å²) in [6, 6.07) is 10.7. The second-order valence-corrected chi connectivity index (χ2v) is 8.21. The summed E-state index contributed by atoms with van der Waals surface area (Å²) in [5, 5.41) is 1.33. The van der Waals surface area contributed by atoms with Crippen LogP contribution in [0.4, 0.5) is 0 Å². The van der Waals surface area contributed by atoms with Gasteiger partial charge in [0.05, 0.1) is 0 Å². The van der Waals surface area contributed by atoms with E-state index in [9.17, 15) is 0 Å². The summed E-state index contributed by atoms with van der Waals surface area (Å²) in [6.45, 7) is 2.22. The summed E-state index contributed by atoms with van der Waals surface area (Å²) < 4.78 is 1.36. The molecule has 28 heavy (non-hydrogen) atoms. The molecule has 0 aliphatic heterocycles. The van der Waals surface area contributed by atoms with Crippen LogP contribution >= 0.6 is 11.3 Å². The van der Waals surface area contributed by atoms with Gasteiger partial charge in [0.15, 0.2) is 0 Å². The Bertz CT molecular complexity index is 1130. The summed E-state index contributed by atoms with van der Waals surface area (Å²) in [5.41, 5.74) is 3.89. The number of benzene rings is 1. The molecule has 0 nitrogen and oxygen atoms in total. The fourth-order valence-electron chi connectivity index (χ4n) is 3.50. The van der Waals surface area contributed by atoms with Crippen LogP contribution in [0, 0.1) is 6.92 Å². The van der Waals surface area contributed by atoms with Crippen molar-refractivity contribution in [1.82, 2.24) is 0 Å². The van der Waals surface area contributed by atoms with E-state index in [4.69, 9.17) is 0 Å². The highest BCUT2D eigenvalue weighted by Crippen LogP contribution is 2.21. The molecule has 1 heteroatoms. The monoisotopic (exact) mass is 380 g/mol. The van der Waals surface area contributed by atoms with Crippen molar-refractivity contribution in [2.24, 2.45) is 0 Å². The second-order valence-electron chi connectivity index (χ2n) is 6.96. The topological polar surface area (TPSA) is 0 Å². The van der Waals surface area contributed by atoms with Gasteiger partial charge in [-0.3, -0.25) is 0 Å². The Kier molecular flexibility index (Phi) is 5.84. The Labute approximate surface area is 171 Å².